The molecule has 142 valence electrons. The molecule has 3 aromatic rings. The number of nitrogens with zero attached hydrogens (tertiary/aromatic N) is 3. The molecule has 0 saturated heterocycles. The third kappa shape index (κ3) is 3.46. The summed E-state index contributed by atoms with van der Waals surface area (Å²) in [7, 11) is 0. The first-order chi connectivity index (χ1) is 13.6. The molecule has 4 N–H and O–H groups in total. The number of nitrogens with two attached hydrogens (primary N) is 1. The van der Waals surface area contributed by atoms with E-state index in [1.165, 1.54) is 11.9 Å². The average Bonchev–Trinajstić information content (AvgIpc) is 2.73. The van der Waals surface area contributed by atoms with E-state index in [2.05, 4.69) is 37.9 Å². The van der Waals surface area contributed by atoms with Gasteiger partial charge in [0, 0.05) is 17.8 Å². The standard InChI is InChI=1S/C21H22N6O/c1-14-8-10-16(11-9-14)21(28)26-25-19-18(22)20(24-13-23-19)27-12-4-6-15-5-2-3-7-17(15)27/h2-3,5,7-11,13H,4,6,12,22H2,1H3,(H,26,28)(H,23,24,25). The SMILES string of the molecule is Cc1ccc(C(=O)NNc2ncnc(N3CCCc4ccccc43)c2N)cc1. The van der Waals surface area contributed by atoms with Crippen molar-refractivity contribution < 1.29 is 4.79 Å². The van der Waals surface area contributed by atoms with Crippen LogP contribution in [-0.4, -0.2) is 22.4 Å². The highest BCUT2D eigenvalue weighted by Crippen LogP contribution is 2.36. The number of rotatable bonds is 4. The lowest BCUT2D eigenvalue weighted by molar-refractivity contribution is 0.0962. The third-order valence-corrected chi connectivity index (χ3v) is 4.84. The number of hydrazine groups is 1. The Kier molecular flexibility index (Phi) is 4.80. The van der Waals surface area contributed by atoms with E-state index in [9.17, 15) is 4.79 Å². The summed E-state index contributed by atoms with van der Waals surface area (Å²) in [6.07, 6.45) is 3.51. The molecule has 0 aliphatic carbocycles. The molecule has 7 nitrogen and oxygen atoms in total. The Morgan fingerprint density at radius 2 is 1.89 bits per heavy atom. The van der Waals surface area contributed by atoms with Crippen LogP contribution in [0.2, 0.25) is 0 Å². The Labute approximate surface area is 163 Å². The molecule has 0 atom stereocenters. The number of para-hydroxylation sites is 1. The van der Waals surface area contributed by atoms with Gasteiger partial charge in [-0.1, -0.05) is 35.9 Å². The second-order valence-electron chi connectivity index (χ2n) is 6.79. The molecule has 1 aliphatic rings. The zero-order valence-electron chi connectivity index (χ0n) is 15.6. The summed E-state index contributed by atoms with van der Waals surface area (Å²) in [6, 6.07) is 15.6. The normalized spacial score (nSPS) is 13.0. The number of nitrogens with one attached hydrogen (secondary N) is 2. The van der Waals surface area contributed by atoms with E-state index < -0.39 is 0 Å². The molecule has 0 bridgehead atoms. The number of hydrogen-bond donors (Lipinski definition) is 3. The number of benzene rings is 2. The Morgan fingerprint density at radius 3 is 2.71 bits per heavy atom. The maximum Gasteiger partial charge on any atom is 0.269 e. The summed E-state index contributed by atoms with van der Waals surface area (Å²) in [5.74, 6) is 0.741. The second-order valence-corrected chi connectivity index (χ2v) is 6.79. The molecule has 7 heteroatoms. The highest BCUT2D eigenvalue weighted by atomic mass is 16.2. The predicted octanol–water partition coefficient (Wildman–Crippen LogP) is 3.21. The van der Waals surface area contributed by atoms with E-state index in [1.807, 2.05) is 31.2 Å². The van der Waals surface area contributed by atoms with Crippen molar-refractivity contribution in [2.45, 2.75) is 19.8 Å². The minimum Gasteiger partial charge on any atom is -0.393 e. The minimum atomic E-state index is -0.261. The lowest BCUT2D eigenvalue weighted by Crippen LogP contribution is -2.31. The van der Waals surface area contributed by atoms with Crippen LogP contribution in [0.3, 0.4) is 0 Å². The minimum absolute atomic E-state index is 0.261. The fourth-order valence-electron chi connectivity index (χ4n) is 3.35. The van der Waals surface area contributed by atoms with Crippen LogP contribution in [0.1, 0.15) is 27.9 Å². The smallest absolute Gasteiger partial charge is 0.269 e. The van der Waals surface area contributed by atoms with Crippen molar-refractivity contribution in [1.29, 1.82) is 0 Å². The highest BCUT2D eigenvalue weighted by Gasteiger charge is 2.22. The Hall–Kier alpha value is -3.61. The van der Waals surface area contributed by atoms with Crippen LogP contribution in [-0.2, 0) is 6.42 Å². The first-order valence-electron chi connectivity index (χ1n) is 9.22. The van der Waals surface area contributed by atoms with Crippen molar-refractivity contribution in [3.63, 3.8) is 0 Å². The van der Waals surface area contributed by atoms with Crippen molar-refractivity contribution in [1.82, 2.24) is 15.4 Å². The zero-order chi connectivity index (χ0) is 19.5. The summed E-state index contributed by atoms with van der Waals surface area (Å²) >= 11 is 0. The third-order valence-electron chi connectivity index (χ3n) is 4.84. The molecule has 2 heterocycles. The number of carbonyl (C=O) groups is 1. The molecule has 0 spiro atoms. The topological polar surface area (TPSA) is 96.2 Å². The largest absolute Gasteiger partial charge is 0.393 e. The highest BCUT2D eigenvalue weighted by molar-refractivity contribution is 5.95. The summed E-state index contributed by atoms with van der Waals surface area (Å²) in [4.78, 5) is 23.0. The van der Waals surface area contributed by atoms with Crippen LogP contribution in [0.5, 0.6) is 0 Å². The van der Waals surface area contributed by atoms with E-state index in [0.717, 1.165) is 30.6 Å². The Bertz CT molecular complexity index is 1000. The van der Waals surface area contributed by atoms with Gasteiger partial charge in [0.05, 0.1) is 0 Å². The van der Waals surface area contributed by atoms with Crippen LogP contribution >= 0.6 is 0 Å². The molecule has 0 fully saturated rings. The quantitative estimate of drug-likeness (QED) is 0.607. The van der Waals surface area contributed by atoms with Crippen molar-refractivity contribution in [3.8, 4) is 0 Å². The van der Waals surface area contributed by atoms with Gasteiger partial charge in [-0.15, -0.1) is 0 Å². The molecule has 0 radical (unpaired) electrons. The van der Waals surface area contributed by atoms with Gasteiger partial charge in [-0.25, -0.2) is 9.97 Å². The molecule has 4 rings (SSSR count). The van der Waals surface area contributed by atoms with Gasteiger partial charge in [-0.3, -0.25) is 15.6 Å². The molecule has 2 aromatic carbocycles. The number of nitrogen functional groups attached to an aromatic ring is 1. The van der Waals surface area contributed by atoms with Crippen molar-refractivity contribution >= 4 is 28.9 Å². The molecule has 0 saturated carbocycles. The van der Waals surface area contributed by atoms with Gasteiger partial charge in [-0.05, 0) is 43.5 Å². The first-order valence-corrected chi connectivity index (χ1v) is 9.22. The van der Waals surface area contributed by atoms with E-state index in [1.54, 1.807) is 12.1 Å². The van der Waals surface area contributed by atoms with Crippen molar-refractivity contribution in [2.24, 2.45) is 0 Å². The van der Waals surface area contributed by atoms with Gasteiger partial charge in [0.2, 0.25) is 0 Å². The molecule has 28 heavy (non-hydrogen) atoms. The maximum absolute atomic E-state index is 12.3. The first kappa shape index (κ1) is 17.8. The average molecular weight is 374 g/mol. The van der Waals surface area contributed by atoms with Crippen molar-refractivity contribution in [3.05, 3.63) is 71.5 Å². The molecule has 0 unspecified atom stereocenters. The van der Waals surface area contributed by atoms with Gasteiger partial charge in [0.25, 0.3) is 5.91 Å². The van der Waals surface area contributed by atoms with Gasteiger partial charge in [0.1, 0.15) is 12.0 Å². The number of anilines is 4. The fourth-order valence-corrected chi connectivity index (χ4v) is 3.35. The maximum atomic E-state index is 12.3. The predicted molar refractivity (Wildman–Crippen MR) is 110 cm³/mol. The summed E-state index contributed by atoms with van der Waals surface area (Å²) in [6.45, 7) is 2.80. The van der Waals surface area contributed by atoms with Crippen LogP contribution < -0.4 is 21.5 Å². The van der Waals surface area contributed by atoms with Gasteiger partial charge in [-0.2, -0.15) is 0 Å². The molecule has 1 aliphatic heterocycles. The number of hydrogen-bond acceptors (Lipinski definition) is 6. The van der Waals surface area contributed by atoms with Crippen LogP contribution in [0.4, 0.5) is 23.0 Å². The number of aromatic nitrogens is 2. The molecular formula is C21H22N6O. The monoisotopic (exact) mass is 374 g/mol. The molecular weight excluding hydrogens is 352 g/mol. The van der Waals surface area contributed by atoms with E-state index >= 15 is 0 Å². The number of fused-ring (bicyclic) bond motifs is 1. The lowest BCUT2D eigenvalue weighted by Gasteiger charge is -2.31. The van der Waals surface area contributed by atoms with Gasteiger partial charge < -0.3 is 10.6 Å². The molecule has 1 amide bonds. The second kappa shape index (κ2) is 7.56. The van der Waals surface area contributed by atoms with E-state index in [-0.39, 0.29) is 5.91 Å². The number of amides is 1. The fraction of sp³-hybridized carbons (Fsp3) is 0.190. The van der Waals surface area contributed by atoms with Gasteiger partial charge >= 0.3 is 0 Å². The summed E-state index contributed by atoms with van der Waals surface area (Å²) in [5, 5.41) is 0. The zero-order valence-corrected chi connectivity index (χ0v) is 15.6. The lowest BCUT2D eigenvalue weighted by atomic mass is 10.0. The van der Waals surface area contributed by atoms with E-state index in [0.29, 0.717) is 22.9 Å². The van der Waals surface area contributed by atoms with Crippen LogP contribution in [0.15, 0.2) is 54.9 Å². The van der Waals surface area contributed by atoms with Crippen LogP contribution in [0.25, 0.3) is 0 Å². The summed E-state index contributed by atoms with van der Waals surface area (Å²) < 4.78 is 0. The summed E-state index contributed by atoms with van der Waals surface area (Å²) in [5.41, 5.74) is 16.2. The van der Waals surface area contributed by atoms with Gasteiger partial charge in [0.15, 0.2) is 11.6 Å². The number of aryl methyl sites for hydroxylation is 2. The number of carbonyl (C=O) groups excluding carboxylic acids is 1. The Balaban J connectivity index is 1.55. The van der Waals surface area contributed by atoms with Crippen LogP contribution in [0, 0.1) is 6.92 Å². The molecule has 1 aromatic heterocycles. The Morgan fingerprint density at radius 1 is 1.11 bits per heavy atom. The van der Waals surface area contributed by atoms with E-state index in [4.69, 9.17) is 5.73 Å². The van der Waals surface area contributed by atoms with Crippen molar-refractivity contribution in [2.75, 3.05) is 22.6 Å².